The second-order valence-corrected chi connectivity index (χ2v) is 7.18. The number of hydrogen-bond acceptors (Lipinski definition) is 8. The van der Waals surface area contributed by atoms with Crippen molar-refractivity contribution in [3.05, 3.63) is 40.9 Å². The summed E-state index contributed by atoms with van der Waals surface area (Å²) in [6.45, 7) is -0.00276. The summed E-state index contributed by atoms with van der Waals surface area (Å²) in [5, 5.41) is 12.6. The predicted octanol–water partition coefficient (Wildman–Crippen LogP) is 2.62. The number of halogens is 3. The third kappa shape index (κ3) is 6.39. The summed E-state index contributed by atoms with van der Waals surface area (Å²) in [6.07, 6.45) is -1.66. The predicted molar refractivity (Wildman–Crippen MR) is 115 cm³/mol. The summed E-state index contributed by atoms with van der Waals surface area (Å²) >= 11 is 0. The molecular weight excluding hydrogens is 443 g/mol. The Bertz CT molecular complexity index is 1140. The molecule has 1 atom stereocenters. The molecule has 0 radical (unpaired) electrons. The highest BCUT2D eigenvalue weighted by molar-refractivity contribution is 5.80. The third-order valence-electron chi connectivity index (χ3n) is 4.78. The van der Waals surface area contributed by atoms with Crippen LogP contribution in [-0.2, 0) is 11.3 Å². The lowest BCUT2D eigenvalue weighted by atomic mass is 10.2. The SMILES string of the molecule is CC[C@@H](O)CNc1nc2cnc(-c3ccc(OC)nc3)cc2n(CCOCC(F)(F)F)c1=O. The fourth-order valence-electron chi connectivity index (χ4n) is 3.00. The number of aliphatic hydroxyl groups is 1. The molecule has 9 nitrogen and oxygen atoms in total. The maximum atomic E-state index is 13.0. The summed E-state index contributed by atoms with van der Waals surface area (Å²) in [5.74, 6) is 0.386. The lowest BCUT2D eigenvalue weighted by Crippen LogP contribution is -2.30. The number of aliphatic hydroxyl groups excluding tert-OH is 1. The largest absolute Gasteiger partial charge is 0.481 e. The van der Waals surface area contributed by atoms with Crippen LogP contribution in [0.1, 0.15) is 13.3 Å². The summed E-state index contributed by atoms with van der Waals surface area (Å²) < 4.78 is 48.3. The third-order valence-corrected chi connectivity index (χ3v) is 4.78. The number of fused-ring (bicyclic) bond motifs is 1. The van der Waals surface area contributed by atoms with Crippen LogP contribution in [0.4, 0.5) is 19.0 Å². The number of methoxy groups -OCH3 is 1. The number of aromatic nitrogens is 4. The van der Waals surface area contributed by atoms with Gasteiger partial charge in [0, 0.05) is 30.9 Å². The number of nitrogens with zero attached hydrogens (tertiary/aromatic N) is 4. The monoisotopic (exact) mass is 467 g/mol. The molecule has 0 saturated carbocycles. The number of hydrogen-bond donors (Lipinski definition) is 2. The molecule has 3 aromatic rings. The van der Waals surface area contributed by atoms with E-state index in [1.807, 2.05) is 0 Å². The fraction of sp³-hybridized carbons (Fsp3) is 0.429. The molecule has 3 heterocycles. The molecule has 0 aromatic carbocycles. The first-order chi connectivity index (χ1) is 15.7. The number of alkyl halides is 3. The number of anilines is 1. The number of nitrogens with one attached hydrogen (secondary N) is 1. The Morgan fingerprint density at radius 1 is 1.24 bits per heavy atom. The van der Waals surface area contributed by atoms with Gasteiger partial charge in [-0.1, -0.05) is 6.92 Å². The highest BCUT2D eigenvalue weighted by Crippen LogP contribution is 2.22. The van der Waals surface area contributed by atoms with Crippen LogP contribution in [0.25, 0.3) is 22.3 Å². The molecular formula is C21H24F3N5O4. The van der Waals surface area contributed by atoms with E-state index in [0.29, 0.717) is 34.6 Å². The Morgan fingerprint density at radius 3 is 2.67 bits per heavy atom. The van der Waals surface area contributed by atoms with Crippen molar-refractivity contribution in [2.24, 2.45) is 0 Å². The Morgan fingerprint density at radius 2 is 2.03 bits per heavy atom. The zero-order chi connectivity index (χ0) is 24.0. The first-order valence-corrected chi connectivity index (χ1v) is 10.2. The molecule has 3 rings (SSSR count). The molecule has 0 saturated heterocycles. The van der Waals surface area contributed by atoms with Crippen molar-refractivity contribution in [1.29, 1.82) is 0 Å². The average molecular weight is 467 g/mol. The highest BCUT2D eigenvalue weighted by Gasteiger charge is 2.27. The van der Waals surface area contributed by atoms with Crippen molar-refractivity contribution >= 4 is 16.9 Å². The average Bonchev–Trinajstić information content (AvgIpc) is 2.80. The van der Waals surface area contributed by atoms with Gasteiger partial charge in [0.25, 0.3) is 5.56 Å². The number of pyridine rings is 2. The quantitative estimate of drug-likeness (QED) is 0.438. The van der Waals surface area contributed by atoms with Crippen LogP contribution in [0.5, 0.6) is 5.88 Å². The van der Waals surface area contributed by atoms with Crippen LogP contribution in [0.15, 0.2) is 35.4 Å². The Balaban J connectivity index is 1.99. The van der Waals surface area contributed by atoms with Gasteiger partial charge in [-0.2, -0.15) is 13.2 Å². The molecule has 33 heavy (non-hydrogen) atoms. The van der Waals surface area contributed by atoms with Gasteiger partial charge in [-0.15, -0.1) is 0 Å². The molecule has 0 amide bonds. The van der Waals surface area contributed by atoms with Gasteiger partial charge >= 0.3 is 6.18 Å². The molecule has 12 heteroatoms. The highest BCUT2D eigenvalue weighted by atomic mass is 19.4. The fourth-order valence-corrected chi connectivity index (χ4v) is 3.00. The summed E-state index contributed by atoms with van der Waals surface area (Å²) in [6, 6.07) is 5.01. The van der Waals surface area contributed by atoms with Crippen LogP contribution in [0, 0.1) is 0 Å². The summed E-state index contributed by atoms with van der Waals surface area (Å²) in [5.41, 5.74) is 1.32. The molecule has 0 aliphatic rings. The first-order valence-electron chi connectivity index (χ1n) is 10.2. The van der Waals surface area contributed by atoms with E-state index in [1.54, 1.807) is 31.3 Å². The standard InChI is InChI=1S/C21H24F3N5O4/c1-3-14(30)10-27-19-20(31)29(6-7-33-12-21(22,23)24)17-8-15(25-11-16(17)28-19)13-4-5-18(32-2)26-9-13/h4-5,8-9,11,14,30H,3,6-7,10,12H2,1-2H3,(H,27,28)/t14-/m1/s1. The summed E-state index contributed by atoms with van der Waals surface area (Å²) in [4.78, 5) is 25.8. The molecule has 3 aromatic heterocycles. The van der Waals surface area contributed by atoms with Crippen LogP contribution in [0.3, 0.4) is 0 Å². The van der Waals surface area contributed by atoms with E-state index >= 15 is 0 Å². The van der Waals surface area contributed by atoms with E-state index in [0.717, 1.165) is 0 Å². The van der Waals surface area contributed by atoms with Crippen molar-refractivity contribution < 1.29 is 27.8 Å². The van der Waals surface area contributed by atoms with Gasteiger partial charge in [0.1, 0.15) is 12.1 Å². The maximum Gasteiger partial charge on any atom is 0.411 e. The molecule has 0 spiro atoms. The number of ether oxygens (including phenoxy) is 2. The van der Waals surface area contributed by atoms with Gasteiger partial charge in [0.05, 0.1) is 37.2 Å². The normalized spacial score (nSPS) is 12.7. The zero-order valence-corrected chi connectivity index (χ0v) is 18.1. The van der Waals surface area contributed by atoms with Crippen molar-refractivity contribution in [3.8, 4) is 17.1 Å². The van der Waals surface area contributed by atoms with Crippen molar-refractivity contribution in [2.45, 2.75) is 32.2 Å². The summed E-state index contributed by atoms with van der Waals surface area (Å²) in [7, 11) is 1.49. The van der Waals surface area contributed by atoms with Crippen LogP contribution < -0.4 is 15.6 Å². The van der Waals surface area contributed by atoms with E-state index in [4.69, 9.17) is 9.47 Å². The van der Waals surface area contributed by atoms with Gasteiger partial charge in [0.2, 0.25) is 5.88 Å². The van der Waals surface area contributed by atoms with Crippen molar-refractivity contribution in [1.82, 2.24) is 19.5 Å². The Hall–Kier alpha value is -3.25. The Kier molecular flexibility index (Phi) is 7.82. The van der Waals surface area contributed by atoms with Crippen LogP contribution >= 0.6 is 0 Å². The zero-order valence-electron chi connectivity index (χ0n) is 18.1. The van der Waals surface area contributed by atoms with Crippen LogP contribution in [-0.4, -0.2) is 63.8 Å². The number of rotatable bonds is 10. The van der Waals surface area contributed by atoms with E-state index in [9.17, 15) is 23.1 Å². The van der Waals surface area contributed by atoms with Gasteiger partial charge in [-0.3, -0.25) is 9.78 Å². The molecule has 0 unspecified atom stereocenters. The van der Waals surface area contributed by atoms with Gasteiger partial charge in [-0.05, 0) is 18.6 Å². The maximum absolute atomic E-state index is 13.0. The first kappa shape index (κ1) is 24.4. The van der Waals surface area contributed by atoms with Gasteiger partial charge in [0.15, 0.2) is 5.82 Å². The topological polar surface area (TPSA) is 111 Å². The van der Waals surface area contributed by atoms with E-state index in [1.165, 1.54) is 17.9 Å². The molecule has 0 aliphatic heterocycles. The second-order valence-electron chi connectivity index (χ2n) is 7.18. The molecule has 178 valence electrons. The minimum absolute atomic E-state index is 0.0357. The van der Waals surface area contributed by atoms with E-state index in [2.05, 4.69) is 20.3 Å². The molecule has 0 fully saturated rings. The van der Waals surface area contributed by atoms with E-state index < -0.39 is 24.4 Å². The van der Waals surface area contributed by atoms with Gasteiger partial charge in [-0.25, -0.2) is 9.97 Å². The minimum Gasteiger partial charge on any atom is -0.481 e. The lowest BCUT2D eigenvalue weighted by Gasteiger charge is -2.15. The molecule has 2 N–H and O–H groups in total. The lowest BCUT2D eigenvalue weighted by molar-refractivity contribution is -0.174. The smallest absolute Gasteiger partial charge is 0.411 e. The molecule has 0 bridgehead atoms. The van der Waals surface area contributed by atoms with Crippen LogP contribution in [0.2, 0.25) is 0 Å². The second kappa shape index (κ2) is 10.6. The minimum atomic E-state index is -4.47. The van der Waals surface area contributed by atoms with Crippen molar-refractivity contribution in [3.63, 3.8) is 0 Å². The van der Waals surface area contributed by atoms with Crippen molar-refractivity contribution in [2.75, 3.05) is 32.2 Å². The molecule has 0 aliphatic carbocycles. The van der Waals surface area contributed by atoms with Gasteiger partial charge < -0.3 is 24.5 Å². The Labute approximate surface area is 187 Å². The van der Waals surface area contributed by atoms with E-state index in [-0.39, 0.29) is 25.5 Å².